The third-order valence-corrected chi connectivity index (χ3v) is 5.43. The van der Waals surface area contributed by atoms with Gasteiger partial charge in [0.2, 0.25) is 5.91 Å². The number of carbonyl (C=O) groups is 1. The number of amides is 1. The van der Waals surface area contributed by atoms with Gasteiger partial charge in [0.1, 0.15) is 23.8 Å². The van der Waals surface area contributed by atoms with E-state index >= 15 is 0 Å². The second kappa shape index (κ2) is 8.36. The van der Waals surface area contributed by atoms with E-state index < -0.39 is 24.1 Å². The molecule has 0 radical (unpaired) electrons. The van der Waals surface area contributed by atoms with Crippen LogP contribution in [0.2, 0.25) is 0 Å². The predicted molar refractivity (Wildman–Crippen MR) is 114 cm³/mol. The monoisotopic (exact) mass is 419 g/mol. The van der Waals surface area contributed by atoms with Crippen LogP contribution in [0, 0.1) is 24.2 Å². The fourth-order valence-electron chi connectivity index (χ4n) is 3.54. The lowest BCUT2D eigenvalue weighted by molar-refractivity contribution is -0.117. The number of fused-ring (bicyclic) bond motifs is 1. The van der Waals surface area contributed by atoms with Crippen LogP contribution >= 0.6 is 0 Å². The number of alkyl halides is 1. The van der Waals surface area contributed by atoms with E-state index in [-0.39, 0.29) is 17.9 Å². The molecule has 158 valence electrons. The van der Waals surface area contributed by atoms with E-state index in [1.165, 1.54) is 0 Å². The maximum Gasteiger partial charge on any atom is 0.231 e. The molecule has 1 aliphatic rings. The van der Waals surface area contributed by atoms with Crippen LogP contribution in [0.3, 0.4) is 0 Å². The molecule has 0 saturated heterocycles. The second-order valence-electron chi connectivity index (χ2n) is 7.83. The fourth-order valence-corrected chi connectivity index (χ4v) is 3.54. The van der Waals surface area contributed by atoms with Crippen molar-refractivity contribution in [2.45, 2.75) is 45.4 Å². The van der Waals surface area contributed by atoms with E-state index in [1.54, 1.807) is 18.5 Å². The number of hydrogen-bond acceptors (Lipinski definition) is 6. The molecule has 1 amide bonds. The van der Waals surface area contributed by atoms with Crippen molar-refractivity contribution < 1.29 is 14.3 Å². The van der Waals surface area contributed by atoms with Crippen LogP contribution in [-0.2, 0) is 4.79 Å². The lowest BCUT2D eigenvalue weighted by Crippen LogP contribution is -2.15. The molecule has 2 N–H and O–H groups in total. The van der Waals surface area contributed by atoms with Gasteiger partial charge in [-0.1, -0.05) is 13.3 Å². The lowest BCUT2D eigenvalue weighted by atomic mass is 9.98. The van der Waals surface area contributed by atoms with Crippen molar-refractivity contribution in [2.24, 2.45) is 5.92 Å². The largest absolute Gasteiger partial charge is 0.387 e. The average molecular weight is 419 g/mol. The van der Waals surface area contributed by atoms with Crippen molar-refractivity contribution >= 4 is 22.6 Å². The quantitative estimate of drug-likeness (QED) is 0.625. The summed E-state index contributed by atoms with van der Waals surface area (Å²) in [6.45, 7) is 3.90. The van der Waals surface area contributed by atoms with Crippen molar-refractivity contribution in [3.05, 3.63) is 47.5 Å². The Bertz CT molecular complexity index is 1210. The molecule has 31 heavy (non-hydrogen) atoms. The summed E-state index contributed by atoms with van der Waals surface area (Å²) >= 11 is 0. The molecule has 3 heterocycles. The Morgan fingerprint density at radius 3 is 2.74 bits per heavy atom. The zero-order valence-electron chi connectivity index (χ0n) is 17.3. The summed E-state index contributed by atoms with van der Waals surface area (Å²) in [5, 5.41) is 23.2. The number of aliphatic hydroxyl groups excluding tert-OH is 1. The van der Waals surface area contributed by atoms with Crippen LogP contribution in [0.25, 0.3) is 22.0 Å². The van der Waals surface area contributed by atoms with E-state index in [0.29, 0.717) is 28.6 Å². The van der Waals surface area contributed by atoms with Gasteiger partial charge < -0.3 is 10.4 Å². The van der Waals surface area contributed by atoms with Crippen LogP contribution in [0.4, 0.5) is 10.2 Å². The first-order chi connectivity index (χ1) is 14.9. The van der Waals surface area contributed by atoms with Gasteiger partial charge in [-0.2, -0.15) is 5.26 Å². The van der Waals surface area contributed by atoms with Gasteiger partial charge in [-0.3, -0.25) is 9.78 Å². The number of aromatic nitrogens is 3. The molecule has 0 bridgehead atoms. The molecule has 0 aliphatic heterocycles. The van der Waals surface area contributed by atoms with E-state index in [1.807, 2.05) is 26.0 Å². The number of rotatable bonds is 6. The molecule has 1 aliphatic carbocycles. The molecule has 8 heteroatoms. The topological polar surface area (TPSA) is 112 Å². The summed E-state index contributed by atoms with van der Waals surface area (Å²) in [5.74, 6) is -0.742. The van der Waals surface area contributed by atoms with Crippen LogP contribution < -0.4 is 5.32 Å². The minimum atomic E-state index is -1.09. The number of hydrogen-bond donors (Lipinski definition) is 2. The van der Waals surface area contributed by atoms with Crippen molar-refractivity contribution in [3.63, 3.8) is 0 Å². The molecule has 3 aromatic rings. The standard InChI is InChI=1S/C23H22FN5O2/c1-3-4-21(30)19-5-12(2)16(11-26-19)14-6-13-10-27-22(8-18(13)28-20(14)9-25)29-23(31)15-7-17(15)24/h5-6,8,10-11,15,17,21,30H,3-4,7H2,1-2H3,(H,27,29,31)/t15-,17+,21-/m1/s1. The second-order valence-corrected chi connectivity index (χ2v) is 7.83. The van der Waals surface area contributed by atoms with Crippen molar-refractivity contribution in [1.29, 1.82) is 5.26 Å². The summed E-state index contributed by atoms with van der Waals surface area (Å²) in [6.07, 6.45) is 3.22. The zero-order valence-corrected chi connectivity index (χ0v) is 17.3. The van der Waals surface area contributed by atoms with E-state index in [4.69, 9.17) is 0 Å². The summed E-state index contributed by atoms with van der Waals surface area (Å²) in [5.41, 5.74) is 3.56. The molecule has 0 unspecified atom stereocenters. The highest BCUT2D eigenvalue weighted by molar-refractivity contribution is 5.96. The number of aryl methyl sites for hydroxylation is 1. The van der Waals surface area contributed by atoms with Gasteiger partial charge in [0.15, 0.2) is 0 Å². The Morgan fingerprint density at radius 2 is 2.10 bits per heavy atom. The SMILES string of the molecule is CCC[C@@H](O)c1cc(C)c(-c2cc3cnc(NC(=O)[C@@H]4C[C@@H]4F)cc3nc2C#N)cn1. The molecular weight excluding hydrogens is 397 g/mol. The summed E-state index contributed by atoms with van der Waals surface area (Å²) in [6, 6.07) is 7.33. The predicted octanol–water partition coefficient (Wildman–Crippen LogP) is 4.00. The Morgan fingerprint density at radius 1 is 1.32 bits per heavy atom. The minimum Gasteiger partial charge on any atom is -0.387 e. The Balaban J connectivity index is 1.68. The Kier molecular flexibility index (Phi) is 5.61. The first-order valence-electron chi connectivity index (χ1n) is 10.2. The number of nitrogens with zero attached hydrogens (tertiary/aromatic N) is 4. The summed E-state index contributed by atoms with van der Waals surface area (Å²) in [4.78, 5) is 25.0. The van der Waals surface area contributed by atoms with Gasteiger partial charge in [0.05, 0.1) is 23.2 Å². The maximum absolute atomic E-state index is 13.1. The van der Waals surface area contributed by atoms with E-state index in [9.17, 15) is 19.6 Å². The van der Waals surface area contributed by atoms with Gasteiger partial charge in [0.25, 0.3) is 0 Å². The maximum atomic E-state index is 13.1. The Labute approximate surface area is 179 Å². The molecular formula is C23H22FN5O2. The smallest absolute Gasteiger partial charge is 0.231 e. The highest BCUT2D eigenvalue weighted by Crippen LogP contribution is 2.35. The van der Waals surface area contributed by atoms with Crippen molar-refractivity contribution in [1.82, 2.24) is 15.0 Å². The molecule has 0 aromatic carbocycles. The minimum absolute atomic E-state index is 0.216. The average Bonchev–Trinajstić information content (AvgIpc) is 3.49. The van der Waals surface area contributed by atoms with E-state index in [0.717, 1.165) is 17.5 Å². The number of aliphatic hydroxyl groups is 1. The number of pyridine rings is 3. The number of carbonyl (C=O) groups excluding carboxylic acids is 1. The number of nitriles is 1. The molecule has 3 atom stereocenters. The third-order valence-electron chi connectivity index (χ3n) is 5.43. The summed E-state index contributed by atoms with van der Waals surface area (Å²) in [7, 11) is 0. The summed E-state index contributed by atoms with van der Waals surface area (Å²) < 4.78 is 13.1. The van der Waals surface area contributed by atoms with Crippen molar-refractivity contribution in [3.8, 4) is 17.2 Å². The molecule has 4 rings (SSSR count). The van der Waals surface area contributed by atoms with Crippen LogP contribution in [0.1, 0.15) is 49.2 Å². The highest BCUT2D eigenvalue weighted by atomic mass is 19.1. The number of anilines is 1. The van der Waals surface area contributed by atoms with Crippen LogP contribution in [-0.4, -0.2) is 32.1 Å². The molecule has 1 fully saturated rings. The van der Waals surface area contributed by atoms with Crippen molar-refractivity contribution in [2.75, 3.05) is 5.32 Å². The van der Waals surface area contributed by atoms with Gasteiger partial charge in [-0.25, -0.2) is 14.4 Å². The Hall–Kier alpha value is -3.44. The molecule has 1 saturated carbocycles. The van der Waals surface area contributed by atoms with Crippen LogP contribution in [0.15, 0.2) is 30.6 Å². The number of halogens is 1. The number of nitrogens with one attached hydrogen (secondary N) is 1. The van der Waals surface area contributed by atoms with E-state index in [2.05, 4.69) is 26.3 Å². The molecule has 7 nitrogen and oxygen atoms in total. The first-order valence-corrected chi connectivity index (χ1v) is 10.2. The van der Waals surface area contributed by atoms with Gasteiger partial charge >= 0.3 is 0 Å². The zero-order chi connectivity index (χ0) is 22.1. The van der Waals surface area contributed by atoms with Gasteiger partial charge in [0, 0.05) is 35.0 Å². The molecule has 3 aromatic heterocycles. The first kappa shape index (κ1) is 20.8. The third kappa shape index (κ3) is 4.23. The van der Waals surface area contributed by atoms with Gasteiger partial charge in [-0.15, -0.1) is 0 Å². The van der Waals surface area contributed by atoms with Crippen LogP contribution in [0.5, 0.6) is 0 Å². The lowest BCUT2D eigenvalue weighted by Gasteiger charge is -2.13. The highest BCUT2D eigenvalue weighted by Gasteiger charge is 2.43. The molecule has 0 spiro atoms. The van der Waals surface area contributed by atoms with Gasteiger partial charge in [-0.05, 0) is 37.5 Å². The fraction of sp³-hybridized carbons (Fsp3) is 0.348. The normalized spacial score (nSPS) is 18.4.